The third-order valence-corrected chi connectivity index (χ3v) is 5.03. The quantitative estimate of drug-likeness (QED) is 0.165. The van der Waals surface area contributed by atoms with Crippen LogP contribution in [-0.4, -0.2) is 69.9 Å². The maximum atomic E-state index is 13.0. The van der Waals surface area contributed by atoms with Crippen LogP contribution in [0, 0.1) is 10.1 Å². The summed E-state index contributed by atoms with van der Waals surface area (Å²) in [5.74, 6) is -3.27. The Labute approximate surface area is 205 Å². The summed E-state index contributed by atoms with van der Waals surface area (Å²) in [4.78, 5) is 59.8. The Hall–Kier alpha value is -4.52. The van der Waals surface area contributed by atoms with Crippen LogP contribution in [0.25, 0.3) is 0 Å². The predicted molar refractivity (Wildman–Crippen MR) is 122 cm³/mol. The molecule has 13 heteroatoms. The number of aliphatic carboxylic acids is 1. The monoisotopic (exact) mass is 503 g/mol. The van der Waals surface area contributed by atoms with Crippen LogP contribution >= 0.6 is 0 Å². The fourth-order valence-corrected chi connectivity index (χ4v) is 3.19. The molecular formula is C23H25N3O10. The second kappa shape index (κ2) is 13.4. The van der Waals surface area contributed by atoms with Crippen LogP contribution < -0.4 is 5.32 Å². The van der Waals surface area contributed by atoms with E-state index in [0.29, 0.717) is 16.0 Å². The van der Waals surface area contributed by atoms with Crippen LogP contribution in [0.1, 0.15) is 17.5 Å². The van der Waals surface area contributed by atoms with E-state index < -0.39 is 54.1 Å². The van der Waals surface area contributed by atoms with Gasteiger partial charge in [0.25, 0.3) is 5.69 Å². The van der Waals surface area contributed by atoms with Gasteiger partial charge in [-0.3, -0.25) is 24.6 Å². The third kappa shape index (κ3) is 8.06. The number of nitro groups is 1. The van der Waals surface area contributed by atoms with Crippen molar-refractivity contribution in [3.8, 4) is 0 Å². The van der Waals surface area contributed by atoms with Crippen molar-refractivity contribution >= 4 is 29.6 Å². The summed E-state index contributed by atoms with van der Waals surface area (Å²) >= 11 is 0. The minimum atomic E-state index is -1.72. The number of nitro benzene ring substituents is 1. The van der Waals surface area contributed by atoms with Crippen molar-refractivity contribution in [3.63, 3.8) is 0 Å². The number of carbonyl (C=O) groups is 4. The van der Waals surface area contributed by atoms with Crippen molar-refractivity contribution in [2.24, 2.45) is 0 Å². The molecule has 0 saturated carbocycles. The van der Waals surface area contributed by atoms with Gasteiger partial charge >= 0.3 is 18.0 Å². The molecule has 0 aliphatic rings. The number of rotatable bonds is 12. The number of nitrogens with one attached hydrogen (secondary N) is 1. The number of amides is 2. The molecule has 0 bridgehead atoms. The number of hydrogen-bond acceptors (Lipinski definition) is 9. The number of ether oxygens (including phenoxy) is 2. The molecule has 0 fully saturated rings. The molecule has 0 aromatic heterocycles. The normalized spacial score (nSPS) is 12.1. The van der Waals surface area contributed by atoms with E-state index in [1.54, 1.807) is 30.3 Å². The minimum Gasteiger partial charge on any atom is -0.481 e. The van der Waals surface area contributed by atoms with Crippen molar-refractivity contribution in [1.82, 2.24) is 10.2 Å². The molecule has 0 aliphatic carbocycles. The number of aliphatic hydroxyl groups excluding tert-OH is 1. The van der Waals surface area contributed by atoms with E-state index in [0.717, 1.165) is 7.11 Å². The maximum Gasteiger partial charge on any atom is 0.412 e. The van der Waals surface area contributed by atoms with Crippen LogP contribution in [-0.2, 0) is 36.9 Å². The molecule has 2 rings (SSSR count). The highest BCUT2D eigenvalue weighted by Crippen LogP contribution is 2.15. The second-order valence-electron chi connectivity index (χ2n) is 7.48. The van der Waals surface area contributed by atoms with Crippen LogP contribution in [0.5, 0.6) is 0 Å². The molecule has 0 aliphatic heterocycles. The lowest BCUT2D eigenvalue weighted by atomic mass is 10.0. The van der Waals surface area contributed by atoms with E-state index in [2.05, 4.69) is 5.32 Å². The summed E-state index contributed by atoms with van der Waals surface area (Å²) in [5, 5.41) is 32.1. The molecule has 0 saturated heterocycles. The highest BCUT2D eigenvalue weighted by atomic mass is 16.6. The van der Waals surface area contributed by atoms with Gasteiger partial charge in [0.15, 0.2) is 0 Å². The maximum absolute atomic E-state index is 13.0. The smallest absolute Gasteiger partial charge is 0.412 e. The summed E-state index contributed by atoms with van der Waals surface area (Å²) in [7, 11) is 1.12. The molecule has 0 spiro atoms. The van der Waals surface area contributed by atoms with Crippen LogP contribution in [0.15, 0.2) is 54.6 Å². The first-order chi connectivity index (χ1) is 17.2. The van der Waals surface area contributed by atoms with Gasteiger partial charge in [0.2, 0.25) is 5.91 Å². The van der Waals surface area contributed by atoms with Gasteiger partial charge in [-0.05, 0) is 23.3 Å². The molecule has 2 atom stereocenters. The highest BCUT2D eigenvalue weighted by Gasteiger charge is 2.35. The number of non-ortho nitro benzene ring substituents is 1. The SMILES string of the molecule is COC(=O)[C@H](Cc1ccccc1)NC(=O)[C@H](CC(=O)O)N(CO)C(=O)OCc1ccc([N+](=O)[O-])cc1. The van der Waals surface area contributed by atoms with Crippen LogP contribution in [0.4, 0.5) is 10.5 Å². The number of carboxylic acids is 1. The number of carboxylic acid groups (broad SMARTS) is 1. The number of benzene rings is 2. The van der Waals surface area contributed by atoms with E-state index in [1.165, 1.54) is 24.3 Å². The first-order valence-corrected chi connectivity index (χ1v) is 10.6. The van der Waals surface area contributed by atoms with E-state index in [-0.39, 0.29) is 18.7 Å². The Kier molecular flexibility index (Phi) is 10.3. The van der Waals surface area contributed by atoms with Gasteiger partial charge in [0.1, 0.15) is 25.4 Å². The Morgan fingerprint density at radius 3 is 2.22 bits per heavy atom. The summed E-state index contributed by atoms with van der Waals surface area (Å²) in [5.41, 5.74) is 0.889. The Morgan fingerprint density at radius 1 is 1.06 bits per heavy atom. The van der Waals surface area contributed by atoms with Crippen molar-refractivity contribution in [3.05, 3.63) is 75.8 Å². The zero-order valence-corrected chi connectivity index (χ0v) is 19.2. The number of methoxy groups -OCH3 is 1. The van der Waals surface area contributed by atoms with Gasteiger partial charge in [0.05, 0.1) is 18.5 Å². The predicted octanol–water partition coefficient (Wildman–Crippen LogP) is 1.23. The van der Waals surface area contributed by atoms with Gasteiger partial charge in [-0.25, -0.2) is 9.59 Å². The molecular weight excluding hydrogens is 478 g/mol. The van der Waals surface area contributed by atoms with E-state index in [1.807, 2.05) is 0 Å². The van der Waals surface area contributed by atoms with Gasteiger partial charge in [-0.2, -0.15) is 0 Å². The zero-order chi connectivity index (χ0) is 26.7. The molecule has 0 heterocycles. The summed E-state index contributed by atoms with van der Waals surface area (Å²) < 4.78 is 9.78. The molecule has 2 aromatic rings. The second-order valence-corrected chi connectivity index (χ2v) is 7.48. The summed E-state index contributed by atoms with van der Waals surface area (Å²) in [6, 6.07) is 10.8. The van der Waals surface area contributed by atoms with Crippen molar-refractivity contribution < 1.29 is 43.8 Å². The zero-order valence-electron chi connectivity index (χ0n) is 19.2. The molecule has 2 aromatic carbocycles. The Morgan fingerprint density at radius 2 is 1.69 bits per heavy atom. The van der Waals surface area contributed by atoms with E-state index >= 15 is 0 Å². The summed E-state index contributed by atoms with van der Waals surface area (Å²) in [6.07, 6.45) is -2.07. The Bertz CT molecular complexity index is 1080. The highest BCUT2D eigenvalue weighted by molar-refractivity contribution is 5.92. The fourth-order valence-electron chi connectivity index (χ4n) is 3.19. The first-order valence-electron chi connectivity index (χ1n) is 10.6. The molecule has 13 nitrogen and oxygen atoms in total. The first kappa shape index (κ1) is 27.7. The average molecular weight is 503 g/mol. The molecule has 36 heavy (non-hydrogen) atoms. The Balaban J connectivity index is 2.15. The number of nitrogens with zero attached hydrogens (tertiary/aromatic N) is 2. The molecule has 0 unspecified atom stereocenters. The molecule has 0 radical (unpaired) electrons. The number of hydrogen-bond donors (Lipinski definition) is 3. The lowest BCUT2D eigenvalue weighted by molar-refractivity contribution is -0.384. The van der Waals surface area contributed by atoms with Gasteiger partial charge in [0, 0.05) is 18.6 Å². The van der Waals surface area contributed by atoms with E-state index in [9.17, 15) is 39.5 Å². The lowest BCUT2D eigenvalue weighted by Crippen LogP contribution is -2.55. The minimum absolute atomic E-state index is 0.0305. The van der Waals surface area contributed by atoms with Gasteiger partial charge < -0.3 is 25.0 Å². The topological polar surface area (TPSA) is 186 Å². The number of esters is 1. The van der Waals surface area contributed by atoms with Crippen LogP contribution in [0.3, 0.4) is 0 Å². The summed E-state index contributed by atoms with van der Waals surface area (Å²) in [6.45, 7) is -1.43. The van der Waals surface area contributed by atoms with Gasteiger partial charge in [-0.1, -0.05) is 30.3 Å². The van der Waals surface area contributed by atoms with Crippen molar-refractivity contribution in [2.45, 2.75) is 31.5 Å². The van der Waals surface area contributed by atoms with Crippen molar-refractivity contribution in [1.29, 1.82) is 0 Å². The largest absolute Gasteiger partial charge is 0.481 e. The van der Waals surface area contributed by atoms with Gasteiger partial charge in [-0.15, -0.1) is 0 Å². The van der Waals surface area contributed by atoms with Crippen LogP contribution in [0.2, 0.25) is 0 Å². The fraction of sp³-hybridized carbons (Fsp3) is 0.304. The molecule has 3 N–H and O–H groups in total. The third-order valence-electron chi connectivity index (χ3n) is 5.03. The van der Waals surface area contributed by atoms with E-state index in [4.69, 9.17) is 9.47 Å². The molecule has 192 valence electrons. The molecule has 2 amide bonds. The lowest BCUT2D eigenvalue weighted by Gasteiger charge is -2.28. The number of aliphatic hydroxyl groups is 1. The average Bonchev–Trinajstić information content (AvgIpc) is 2.87. The standard InChI is InChI=1S/C23H25N3O10/c1-35-22(31)18(11-15-5-3-2-4-6-15)24-21(30)19(12-20(28)29)25(14-27)23(32)36-13-16-7-9-17(10-8-16)26(33)34/h2-10,18-19,27H,11-14H2,1H3,(H,24,30)(H,28,29)/t18-,19-/m0/s1. The number of carbonyl (C=O) groups excluding carboxylic acids is 3. The van der Waals surface area contributed by atoms with Crippen molar-refractivity contribution in [2.75, 3.05) is 13.8 Å².